The Labute approximate surface area is 176 Å². The van der Waals surface area contributed by atoms with Gasteiger partial charge in [-0.3, -0.25) is 14.9 Å². The molecule has 4 fully saturated rings. The third kappa shape index (κ3) is 4.60. The fourth-order valence-electron chi connectivity index (χ4n) is 6.10. The zero-order valence-corrected chi connectivity index (χ0v) is 17.7. The Morgan fingerprint density at radius 2 is 1.70 bits per heavy atom. The van der Waals surface area contributed by atoms with Gasteiger partial charge in [-0.05, 0) is 69.3 Å². The minimum Gasteiger partial charge on any atom is -0.496 e. The molecule has 4 aliphatic rings. The summed E-state index contributed by atoms with van der Waals surface area (Å²) in [6.45, 7) is 1.44. The maximum atomic E-state index is 12.4. The van der Waals surface area contributed by atoms with Gasteiger partial charge in [0.2, 0.25) is 0 Å². The fraction of sp³-hybridized carbons (Fsp3) is 0.609. The molecular weight excluding hydrogens is 384 g/mol. The van der Waals surface area contributed by atoms with Crippen molar-refractivity contribution in [1.29, 1.82) is 0 Å². The summed E-state index contributed by atoms with van der Waals surface area (Å²) in [5.74, 6) is 1.53. The lowest BCUT2D eigenvalue weighted by Crippen LogP contribution is -2.62. The van der Waals surface area contributed by atoms with Crippen molar-refractivity contribution in [3.63, 3.8) is 0 Å². The third-order valence-corrected chi connectivity index (χ3v) is 6.80. The van der Waals surface area contributed by atoms with E-state index < -0.39 is 24.5 Å². The molecule has 0 saturated heterocycles. The van der Waals surface area contributed by atoms with Crippen LogP contribution >= 0.6 is 0 Å². The standard InChI is InChI=1S/C23H30N2O5/c1-14-3-4-19(29-2)18(5-14)9-21(27)30-13-20(26)24-22(28)25-23-10-15-6-16(11-23)8-17(7-15)12-23/h3-5,15-17H,6-13H2,1-2H3,(H2,24,25,26,28). The highest BCUT2D eigenvalue weighted by molar-refractivity contribution is 5.95. The van der Waals surface area contributed by atoms with Gasteiger partial charge in [0, 0.05) is 11.1 Å². The Morgan fingerprint density at radius 3 is 2.30 bits per heavy atom. The van der Waals surface area contributed by atoms with Gasteiger partial charge in [0.15, 0.2) is 6.61 Å². The molecule has 1 aromatic carbocycles. The highest BCUT2D eigenvalue weighted by Crippen LogP contribution is 2.55. The number of nitrogens with one attached hydrogen (secondary N) is 2. The number of esters is 1. The van der Waals surface area contributed by atoms with Crippen LogP contribution in [-0.4, -0.2) is 37.2 Å². The van der Waals surface area contributed by atoms with Gasteiger partial charge in [-0.2, -0.15) is 0 Å². The van der Waals surface area contributed by atoms with Crippen molar-refractivity contribution >= 4 is 17.9 Å². The zero-order valence-electron chi connectivity index (χ0n) is 17.7. The molecule has 4 aliphatic carbocycles. The molecule has 0 atom stereocenters. The number of imide groups is 1. The van der Waals surface area contributed by atoms with Gasteiger partial charge in [-0.15, -0.1) is 0 Å². The van der Waals surface area contributed by atoms with E-state index in [2.05, 4.69) is 10.6 Å². The second kappa shape index (κ2) is 8.28. The summed E-state index contributed by atoms with van der Waals surface area (Å²) in [4.78, 5) is 36.6. The SMILES string of the molecule is COc1ccc(C)cc1CC(=O)OCC(=O)NC(=O)NC12CC3CC(CC(C3)C1)C2. The molecule has 0 heterocycles. The Kier molecular flexibility index (Phi) is 5.71. The number of hydrogen-bond donors (Lipinski definition) is 2. The quantitative estimate of drug-likeness (QED) is 0.698. The van der Waals surface area contributed by atoms with Crippen LogP contribution in [0.25, 0.3) is 0 Å². The van der Waals surface area contributed by atoms with Gasteiger partial charge >= 0.3 is 12.0 Å². The van der Waals surface area contributed by atoms with E-state index in [1.54, 1.807) is 6.07 Å². The zero-order chi connectivity index (χ0) is 21.3. The van der Waals surface area contributed by atoms with Crippen molar-refractivity contribution in [1.82, 2.24) is 10.6 Å². The lowest BCUT2D eigenvalue weighted by molar-refractivity contribution is -0.147. The maximum absolute atomic E-state index is 12.4. The Hall–Kier alpha value is -2.57. The molecule has 0 radical (unpaired) electrons. The monoisotopic (exact) mass is 414 g/mol. The number of carbonyl (C=O) groups is 3. The van der Waals surface area contributed by atoms with Crippen LogP contribution < -0.4 is 15.4 Å². The van der Waals surface area contributed by atoms with Crippen LogP contribution in [0.5, 0.6) is 5.75 Å². The predicted molar refractivity (Wildman–Crippen MR) is 110 cm³/mol. The number of amides is 3. The topological polar surface area (TPSA) is 93.7 Å². The van der Waals surface area contributed by atoms with E-state index in [0.29, 0.717) is 29.1 Å². The number of ether oxygens (including phenoxy) is 2. The van der Waals surface area contributed by atoms with E-state index >= 15 is 0 Å². The highest BCUT2D eigenvalue weighted by Gasteiger charge is 2.51. The molecule has 4 bridgehead atoms. The van der Waals surface area contributed by atoms with Crippen molar-refractivity contribution < 1.29 is 23.9 Å². The number of urea groups is 1. The second-order valence-corrected chi connectivity index (χ2v) is 9.35. The average Bonchev–Trinajstić information content (AvgIpc) is 2.65. The lowest BCUT2D eigenvalue weighted by atomic mass is 9.53. The van der Waals surface area contributed by atoms with E-state index in [4.69, 9.17) is 9.47 Å². The molecule has 7 nitrogen and oxygen atoms in total. The normalized spacial score (nSPS) is 28.7. The molecule has 162 valence electrons. The van der Waals surface area contributed by atoms with Gasteiger partial charge in [0.25, 0.3) is 5.91 Å². The largest absolute Gasteiger partial charge is 0.496 e. The molecule has 0 unspecified atom stereocenters. The molecule has 30 heavy (non-hydrogen) atoms. The molecule has 0 aliphatic heterocycles. The number of carbonyl (C=O) groups excluding carboxylic acids is 3. The molecule has 2 N–H and O–H groups in total. The Bertz CT molecular complexity index is 815. The predicted octanol–water partition coefficient (Wildman–Crippen LogP) is 2.88. The van der Waals surface area contributed by atoms with Crippen molar-refractivity contribution in [2.24, 2.45) is 17.8 Å². The smallest absolute Gasteiger partial charge is 0.321 e. The highest BCUT2D eigenvalue weighted by atomic mass is 16.5. The van der Waals surface area contributed by atoms with Gasteiger partial charge in [0.05, 0.1) is 13.5 Å². The Balaban J connectivity index is 1.23. The molecule has 3 amide bonds. The first-order valence-electron chi connectivity index (χ1n) is 10.8. The summed E-state index contributed by atoms with van der Waals surface area (Å²) >= 11 is 0. The van der Waals surface area contributed by atoms with Crippen LogP contribution in [0, 0.1) is 24.7 Å². The second-order valence-electron chi connectivity index (χ2n) is 9.35. The summed E-state index contributed by atoms with van der Waals surface area (Å²) in [6, 6.07) is 5.04. The summed E-state index contributed by atoms with van der Waals surface area (Å²) in [5, 5.41) is 5.39. The Morgan fingerprint density at radius 1 is 1.07 bits per heavy atom. The van der Waals surface area contributed by atoms with Crippen LogP contribution in [-0.2, 0) is 20.7 Å². The first-order chi connectivity index (χ1) is 14.3. The molecule has 4 saturated carbocycles. The summed E-state index contributed by atoms with van der Waals surface area (Å²) in [5.41, 5.74) is 1.53. The van der Waals surface area contributed by atoms with Crippen molar-refractivity contribution in [2.45, 2.75) is 57.4 Å². The number of hydrogen-bond acceptors (Lipinski definition) is 5. The summed E-state index contributed by atoms with van der Waals surface area (Å²) in [6.07, 6.45) is 6.86. The first-order valence-corrected chi connectivity index (χ1v) is 10.8. The molecule has 0 aromatic heterocycles. The minimum absolute atomic E-state index is 0.00237. The van der Waals surface area contributed by atoms with Crippen LogP contribution in [0.15, 0.2) is 18.2 Å². The van der Waals surface area contributed by atoms with E-state index in [-0.39, 0.29) is 12.0 Å². The number of aryl methyl sites for hydroxylation is 1. The molecule has 1 aromatic rings. The van der Waals surface area contributed by atoms with Crippen molar-refractivity contribution in [2.75, 3.05) is 13.7 Å². The number of rotatable bonds is 6. The minimum atomic E-state index is -0.623. The summed E-state index contributed by atoms with van der Waals surface area (Å²) < 4.78 is 10.3. The number of methoxy groups -OCH3 is 1. The van der Waals surface area contributed by atoms with E-state index in [0.717, 1.165) is 24.8 Å². The third-order valence-electron chi connectivity index (χ3n) is 6.80. The van der Waals surface area contributed by atoms with Crippen molar-refractivity contribution in [3.8, 4) is 5.75 Å². The summed E-state index contributed by atoms with van der Waals surface area (Å²) in [7, 11) is 1.54. The lowest BCUT2D eigenvalue weighted by Gasteiger charge is -2.56. The maximum Gasteiger partial charge on any atom is 0.321 e. The van der Waals surface area contributed by atoms with Crippen LogP contribution in [0.2, 0.25) is 0 Å². The number of benzene rings is 1. The van der Waals surface area contributed by atoms with Gasteiger partial charge in [0.1, 0.15) is 5.75 Å². The van der Waals surface area contributed by atoms with Gasteiger partial charge in [-0.1, -0.05) is 17.7 Å². The van der Waals surface area contributed by atoms with E-state index in [1.165, 1.54) is 26.4 Å². The van der Waals surface area contributed by atoms with Gasteiger partial charge in [-0.25, -0.2) is 4.79 Å². The van der Waals surface area contributed by atoms with Crippen LogP contribution in [0.4, 0.5) is 4.79 Å². The first kappa shape index (κ1) is 20.7. The van der Waals surface area contributed by atoms with Crippen LogP contribution in [0.1, 0.15) is 49.7 Å². The average molecular weight is 415 g/mol. The van der Waals surface area contributed by atoms with Crippen molar-refractivity contribution in [3.05, 3.63) is 29.3 Å². The molecule has 7 heteroatoms. The molecular formula is C23H30N2O5. The molecule has 0 spiro atoms. The van der Waals surface area contributed by atoms with E-state index in [1.807, 2.05) is 19.1 Å². The van der Waals surface area contributed by atoms with Crippen LogP contribution in [0.3, 0.4) is 0 Å². The van der Waals surface area contributed by atoms with Gasteiger partial charge < -0.3 is 14.8 Å². The molecule has 5 rings (SSSR count). The van der Waals surface area contributed by atoms with E-state index in [9.17, 15) is 14.4 Å². The fourth-order valence-corrected chi connectivity index (χ4v) is 6.10.